The van der Waals surface area contributed by atoms with Gasteiger partial charge in [0.1, 0.15) is 5.38 Å². The summed E-state index contributed by atoms with van der Waals surface area (Å²) < 4.78 is 0. The second kappa shape index (κ2) is 7.04. The van der Waals surface area contributed by atoms with Crippen LogP contribution in [0, 0.1) is 0 Å². The Balaban J connectivity index is 2.28. The largest absolute Gasteiger partial charge is 0.348 e. The minimum atomic E-state index is -0.862. The summed E-state index contributed by atoms with van der Waals surface area (Å²) in [7, 11) is 0. The molecule has 1 amide bonds. The van der Waals surface area contributed by atoms with Crippen molar-refractivity contribution in [2.24, 2.45) is 0 Å². The highest BCUT2D eigenvalue weighted by atomic mass is 35.5. The summed E-state index contributed by atoms with van der Waals surface area (Å²) in [5, 5.41) is 1.89. The van der Waals surface area contributed by atoms with Crippen molar-refractivity contribution in [1.29, 1.82) is 0 Å². The third-order valence-electron chi connectivity index (χ3n) is 3.12. The summed E-state index contributed by atoms with van der Waals surface area (Å²) in [6, 6.07) is 17.5. The molecule has 0 saturated heterocycles. The van der Waals surface area contributed by atoms with Gasteiger partial charge in [-0.2, -0.15) is 0 Å². The fourth-order valence-corrected chi connectivity index (χ4v) is 2.45. The lowest BCUT2D eigenvalue weighted by molar-refractivity contribution is -0.119. The van der Waals surface area contributed by atoms with E-state index in [4.69, 9.17) is 11.6 Å². The third kappa shape index (κ3) is 3.92. The molecule has 108 valence electrons. The highest BCUT2D eigenvalue weighted by Gasteiger charge is 2.29. The molecule has 4 heteroatoms. The SMILES string of the molecule is CC(=O)N[C@H](c1ccccc1)[C@@H](Cl)C(=O)c1ccccc1. The Bertz CT molecular complexity index is 613. The first kappa shape index (κ1) is 15.3. The zero-order valence-corrected chi connectivity index (χ0v) is 12.4. The van der Waals surface area contributed by atoms with E-state index >= 15 is 0 Å². The molecule has 2 aromatic carbocycles. The van der Waals surface area contributed by atoms with E-state index in [-0.39, 0.29) is 11.7 Å². The Kier molecular flexibility index (Phi) is 5.12. The standard InChI is InChI=1S/C17H16ClNO2/c1-12(20)19-16(13-8-4-2-5-9-13)15(18)17(21)14-10-6-3-7-11-14/h2-11,15-16H,1H3,(H,19,20)/t15-,16-/m1/s1. The third-order valence-corrected chi connectivity index (χ3v) is 3.57. The first-order valence-corrected chi connectivity index (χ1v) is 7.08. The van der Waals surface area contributed by atoms with Crippen LogP contribution in [0.1, 0.15) is 28.9 Å². The Morgan fingerprint density at radius 1 is 0.952 bits per heavy atom. The molecule has 2 aromatic rings. The van der Waals surface area contributed by atoms with Crippen molar-refractivity contribution in [3.63, 3.8) is 0 Å². The summed E-state index contributed by atoms with van der Waals surface area (Å²) >= 11 is 6.35. The van der Waals surface area contributed by atoms with Crippen molar-refractivity contribution >= 4 is 23.3 Å². The molecule has 0 saturated carbocycles. The molecule has 0 bridgehead atoms. The average molecular weight is 302 g/mol. The quantitative estimate of drug-likeness (QED) is 0.680. The van der Waals surface area contributed by atoms with Gasteiger partial charge in [-0.15, -0.1) is 11.6 Å². The minimum Gasteiger partial charge on any atom is -0.348 e. The maximum atomic E-state index is 12.5. The topological polar surface area (TPSA) is 46.2 Å². The molecule has 21 heavy (non-hydrogen) atoms. The fourth-order valence-electron chi connectivity index (χ4n) is 2.12. The van der Waals surface area contributed by atoms with Crippen LogP contribution in [0.5, 0.6) is 0 Å². The maximum Gasteiger partial charge on any atom is 0.217 e. The molecule has 0 aliphatic carbocycles. The van der Waals surface area contributed by atoms with Crippen molar-refractivity contribution in [3.8, 4) is 0 Å². The number of carbonyl (C=O) groups excluding carboxylic acids is 2. The monoisotopic (exact) mass is 301 g/mol. The van der Waals surface area contributed by atoms with Gasteiger partial charge < -0.3 is 5.32 Å². The van der Waals surface area contributed by atoms with Crippen molar-refractivity contribution < 1.29 is 9.59 Å². The predicted molar refractivity (Wildman–Crippen MR) is 83.4 cm³/mol. The minimum absolute atomic E-state index is 0.208. The molecule has 2 rings (SSSR count). The van der Waals surface area contributed by atoms with Crippen LogP contribution >= 0.6 is 11.6 Å². The second-order valence-corrected chi connectivity index (χ2v) is 5.19. The molecule has 1 N–H and O–H groups in total. The second-order valence-electron chi connectivity index (χ2n) is 4.72. The number of carbonyl (C=O) groups is 2. The molecule has 0 spiro atoms. The van der Waals surface area contributed by atoms with Gasteiger partial charge in [0.15, 0.2) is 5.78 Å². The van der Waals surface area contributed by atoms with Crippen LogP contribution in [0.3, 0.4) is 0 Å². The molecule has 3 nitrogen and oxygen atoms in total. The molecular weight excluding hydrogens is 286 g/mol. The number of rotatable bonds is 5. The number of amides is 1. The predicted octanol–water partition coefficient (Wildman–Crippen LogP) is 3.35. The van der Waals surface area contributed by atoms with Crippen LogP contribution in [0.25, 0.3) is 0 Å². The number of Topliss-reactive ketones (excluding diaryl/α,β-unsaturated/α-hetero) is 1. The average Bonchev–Trinajstić information content (AvgIpc) is 2.53. The van der Waals surface area contributed by atoms with E-state index in [0.717, 1.165) is 5.56 Å². The van der Waals surface area contributed by atoms with Crippen LogP contribution in [0.15, 0.2) is 60.7 Å². The fraction of sp³-hybridized carbons (Fsp3) is 0.176. The highest BCUT2D eigenvalue weighted by Crippen LogP contribution is 2.24. The lowest BCUT2D eigenvalue weighted by Crippen LogP contribution is -2.36. The normalized spacial score (nSPS) is 13.2. The Morgan fingerprint density at radius 2 is 1.48 bits per heavy atom. The van der Waals surface area contributed by atoms with Crippen LogP contribution < -0.4 is 5.32 Å². The van der Waals surface area contributed by atoms with Crippen molar-refractivity contribution in [2.75, 3.05) is 0 Å². The van der Waals surface area contributed by atoms with E-state index in [9.17, 15) is 9.59 Å². The molecule has 0 radical (unpaired) electrons. The van der Waals surface area contributed by atoms with Crippen LogP contribution in [0.2, 0.25) is 0 Å². The van der Waals surface area contributed by atoms with Gasteiger partial charge in [-0.05, 0) is 5.56 Å². The highest BCUT2D eigenvalue weighted by molar-refractivity contribution is 6.34. The van der Waals surface area contributed by atoms with Crippen LogP contribution in [-0.2, 0) is 4.79 Å². The molecule has 0 aromatic heterocycles. The van der Waals surface area contributed by atoms with Gasteiger partial charge in [-0.25, -0.2) is 0 Å². The van der Waals surface area contributed by atoms with Crippen molar-refractivity contribution in [3.05, 3.63) is 71.8 Å². The van der Waals surface area contributed by atoms with E-state index in [2.05, 4.69) is 5.32 Å². The lowest BCUT2D eigenvalue weighted by Gasteiger charge is -2.22. The summed E-state index contributed by atoms with van der Waals surface area (Å²) in [5.41, 5.74) is 1.33. The Hall–Kier alpha value is -2.13. The van der Waals surface area contributed by atoms with E-state index in [1.165, 1.54) is 6.92 Å². The van der Waals surface area contributed by atoms with Crippen LogP contribution in [-0.4, -0.2) is 17.1 Å². The summed E-state index contributed by atoms with van der Waals surface area (Å²) in [5.74, 6) is -0.435. The first-order chi connectivity index (χ1) is 10.1. The smallest absolute Gasteiger partial charge is 0.217 e. The van der Waals surface area contributed by atoms with Crippen molar-refractivity contribution in [1.82, 2.24) is 5.32 Å². The Labute approximate surface area is 128 Å². The number of hydrogen-bond donors (Lipinski definition) is 1. The molecule has 0 fully saturated rings. The van der Waals surface area contributed by atoms with Crippen molar-refractivity contribution in [2.45, 2.75) is 18.3 Å². The molecule has 0 unspecified atom stereocenters. The van der Waals surface area contributed by atoms with Gasteiger partial charge in [0.2, 0.25) is 5.91 Å². The molecule has 2 atom stereocenters. The zero-order chi connectivity index (χ0) is 15.2. The Morgan fingerprint density at radius 3 is 2.00 bits per heavy atom. The lowest BCUT2D eigenvalue weighted by atomic mass is 9.97. The van der Waals surface area contributed by atoms with Gasteiger partial charge >= 0.3 is 0 Å². The zero-order valence-electron chi connectivity index (χ0n) is 11.6. The number of alkyl halides is 1. The number of halogens is 1. The molecular formula is C17H16ClNO2. The van der Waals surface area contributed by atoms with Gasteiger partial charge in [-0.1, -0.05) is 60.7 Å². The van der Waals surface area contributed by atoms with Gasteiger partial charge in [0, 0.05) is 12.5 Å². The number of ketones is 1. The molecule has 0 aliphatic rings. The van der Waals surface area contributed by atoms with E-state index in [0.29, 0.717) is 5.56 Å². The number of benzene rings is 2. The summed E-state index contributed by atoms with van der Waals surface area (Å²) in [6.07, 6.45) is 0. The molecule has 0 aliphatic heterocycles. The van der Waals surface area contributed by atoms with Gasteiger partial charge in [-0.3, -0.25) is 9.59 Å². The van der Waals surface area contributed by atoms with E-state index in [1.54, 1.807) is 24.3 Å². The van der Waals surface area contributed by atoms with Gasteiger partial charge in [0.05, 0.1) is 6.04 Å². The number of hydrogen-bond acceptors (Lipinski definition) is 2. The number of nitrogens with one attached hydrogen (secondary N) is 1. The summed E-state index contributed by atoms with van der Waals surface area (Å²) in [4.78, 5) is 23.9. The maximum absolute atomic E-state index is 12.5. The van der Waals surface area contributed by atoms with Gasteiger partial charge in [0.25, 0.3) is 0 Å². The van der Waals surface area contributed by atoms with Crippen LogP contribution in [0.4, 0.5) is 0 Å². The van der Waals surface area contributed by atoms with E-state index in [1.807, 2.05) is 36.4 Å². The first-order valence-electron chi connectivity index (χ1n) is 6.65. The van der Waals surface area contributed by atoms with E-state index < -0.39 is 11.4 Å². The summed E-state index contributed by atoms with van der Waals surface area (Å²) in [6.45, 7) is 1.41. The molecule has 0 heterocycles.